The lowest BCUT2D eigenvalue weighted by molar-refractivity contribution is -0.133. The fourth-order valence-corrected chi connectivity index (χ4v) is 2.81. The number of benzene rings is 2. The van der Waals surface area contributed by atoms with Crippen LogP contribution in [0.4, 0.5) is 5.69 Å². The summed E-state index contributed by atoms with van der Waals surface area (Å²) in [5.41, 5.74) is -0.121. The second kappa shape index (κ2) is 6.73. The molecule has 0 saturated heterocycles. The van der Waals surface area contributed by atoms with Gasteiger partial charge in [0.2, 0.25) is 0 Å². The van der Waals surface area contributed by atoms with Crippen LogP contribution in [0.25, 0.3) is 0 Å². The van der Waals surface area contributed by atoms with E-state index in [4.69, 9.17) is 10.00 Å². The zero-order chi connectivity index (χ0) is 17.0. The number of hydrogen-bond donors (Lipinski definition) is 2. The Labute approximate surface area is 140 Å². The van der Waals surface area contributed by atoms with Crippen molar-refractivity contribution in [2.75, 3.05) is 5.32 Å². The van der Waals surface area contributed by atoms with Crippen molar-refractivity contribution in [1.29, 1.82) is 5.26 Å². The smallest absolute Gasteiger partial charge is 0.256 e. The molecule has 0 aromatic heterocycles. The van der Waals surface area contributed by atoms with E-state index in [0.29, 0.717) is 35.6 Å². The highest BCUT2D eigenvalue weighted by atomic mass is 16.5. The molecule has 2 aromatic carbocycles. The number of anilines is 1. The Morgan fingerprint density at radius 3 is 2.50 bits per heavy atom. The minimum Gasteiger partial charge on any atom is -0.457 e. The van der Waals surface area contributed by atoms with Crippen molar-refractivity contribution in [1.82, 2.24) is 0 Å². The first kappa shape index (κ1) is 16.0. The standard InChI is InChI=1S/C19H18N2O3/c20-13-14-6-8-16(9-7-14)24-17-5-3-4-15(12-17)21-18(22)19(23)10-1-2-11-19/h3-9,12,23H,1-2,10-11H2,(H,21,22). The zero-order valence-electron chi connectivity index (χ0n) is 13.2. The number of nitrogens with zero attached hydrogens (tertiary/aromatic N) is 1. The van der Waals surface area contributed by atoms with Crippen LogP contribution >= 0.6 is 0 Å². The van der Waals surface area contributed by atoms with Gasteiger partial charge < -0.3 is 15.2 Å². The molecule has 2 aromatic rings. The fourth-order valence-electron chi connectivity index (χ4n) is 2.81. The van der Waals surface area contributed by atoms with Crippen LogP contribution < -0.4 is 10.1 Å². The number of carbonyl (C=O) groups is 1. The van der Waals surface area contributed by atoms with Crippen LogP contribution in [0.5, 0.6) is 11.5 Å². The maximum absolute atomic E-state index is 12.2. The van der Waals surface area contributed by atoms with Crippen LogP contribution in [0.1, 0.15) is 31.2 Å². The van der Waals surface area contributed by atoms with Crippen molar-refractivity contribution in [2.45, 2.75) is 31.3 Å². The van der Waals surface area contributed by atoms with Crippen molar-refractivity contribution in [3.63, 3.8) is 0 Å². The van der Waals surface area contributed by atoms with E-state index < -0.39 is 5.60 Å². The van der Waals surface area contributed by atoms with Gasteiger partial charge in [0.15, 0.2) is 0 Å². The van der Waals surface area contributed by atoms with E-state index >= 15 is 0 Å². The van der Waals surface area contributed by atoms with Gasteiger partial charge in [-0.25, -0.2) is 0 Å². The topological polar surface area (TPSA) is 82.3 Å². The quantitative estimate of drug-likeness (QED) is 0.901. The molecular weight excluding hydrogens is 304 g/mol. The Bertz CT molecular complexity index is 772. The third-order valence-corrected chi connectivity index (χ3v) is 4.16. The van der Waals surface area contributed by atoms with Crippen molar-refractivity contribution in [3.05, 3.63) is 54.1 Å². The molecule has 5 nitrogen and oxygen atoms in total. The third-order valence-electron chi connectivity index (χ3n) is 4.16. The van der Waals surface area contributed by atoms with Gasteiger partial charge in [-0.1, -0.05) is 6.07 Å². The molecule has 0 spiro atoms. The zero-order valence-corrected chi connectivity index (χ0v) is 13.2. The number of nitriles is 1. The molecule has 0 heterocycles. The number of aliphatic hydroxyl groups is 1. The van der Waals surface area contributed by atoms with E-state index in [1.165, 1.54) is 0 Å². The van der Waals surface area contributed by atoms with Crippen LogP contribution in [0, 0.1) is 11.3 Å². The van der Waals surface area contributed by atoms with Gasteiger partial charge in [0, 0.05) is 11.8 Å². The van der Waals surface area contributed by atoms with Gasteiger partial charge in [0.1, 0.15) is 17.1 Å². The molecule has 5 heteroatoms. The van der Waals surface area contributed by atoms with Crippen LogP contribution in [-0.2, 0) is 4.79 Å². The predicted octanol–water partition coefficient (Wildman–Crippen LogP) is 3.59. The average Bonchev–Trinajstić information content (AvgIpc) is 3.04. The lowest BCUT2D eigenvalue weighted by atomic mass is 10.0. The van der Waals surface area contributed by atoms with Crippen LogP contribution in [0.2, 0.25) is 0 Å². The molecule has 122 valence electrons. The molecule has 0 atom stereocenters. The number of rotatable bonds is 4. The summed E-state index contributed by atoms with van der Waals surface area (Å²) in [6.45, 7) is 0. The molecule has 1 aliphatic rings. The molecule has 0 bridgehead atoms. The Hall–Kier alpha value is -2.84. The first-order valence-corrected chi connectivity index (χ1v) is 7.91. The van der Waals surface area contributed by atoms with E-state index in [1.54, 1.807) is 48.5 Å². The SMILES string of the molecule is N#Cc1ccc(Oc2cccc(NC(=O)C3(O)CCCC3)c2)cc1. The molecular formula is C19H18N2O3. The van der Waals surface area contributed by atoms with E-state index in [1.807, 2.05) is 0 Å². The Morgan fingerprint density at radius 1 is 1.12 bits per heavy atom. The fraction of sp³-hybridized carbons (Fsp3) is 0.263. The van der Waals surface area contributed by atoms with Crippen molar-refractivity contribution in [3.8, 4) is 17.6 Å². The number of nitrogens with one attached hydrogen (secondary N) is 1. The van der Waals surface area contributed by atoms with E-state index in [9.17, 15) is 9.90 Å². The average molecular weight is 322 g/mol. The third kappa shape index (κ3) is 3.55. The summed E-state index contributed by atoms with van der Waals surface area (Å²) in [5, 5.41) is 21.9. The molecule has 2 N–H and O–H groups in total. The van der Waals surface area contributed by atoms with Gasteiger partial charge in [0.25, 0.3) is 5.91 Å². The second-order valence-electron chi connectivity index (χ2n) is 5.96. The monoisotopic (exact) mass is 322 g/mol. The number of carbonyl (C=O) groups excluding carboxylic acids is 1. The molecule has 0 unspecified atom stereocenters. The summed E-state index contributed by atoms with van der Waals surface area (Å²) < 4.78 is 5.73. The van der Waals surface area contributed by atoms with Crippen LogP contribution in [0.3, 0.4) is 0 Å². The molecule has 0 radical (unpaired) electrons. The minimum atomic E-state index is -1.26. The minimum absolute atomic E-state index is 0.365. The molecule has 1 aliphatic carbocycles. The van der Waals surface area contributed by atoms with E-state index in [-0.39, 0.29) is 5.91 Å². The largest absolute Gasteiger partial charge is 0.457 e. The lowest BCUT2D eigenvalue weighted by Gasteiger charge is -2.21. The van der Waals surface area contributed by atoms with Crippen molar-refractivity contribution < 1.29 is 14.6 Å². The predicted molar refractivity (Wildman–Crippen MR) is 89.7 cm³/mol. The first-order valence-electron chi connectivity index (χ1n) is 7.91. The van der Waals surface area contributed by atoms with Gasteiger partial charge in [-0.15, -0.1) is 0 Å². The highest BCUT2D eigenvalue weighted by Crippen LogP contribution is 2.31. The highest BCUT2D eigenvalue weighted by molar-refractivity contribution is 5.97. The van der Waals surface area contributed by atoms with E-state index in [0.717, 1.165) is 12.8 Å². The van der Waals surface area contributed by atoms with Gasteiger partial charge in [0.05, 0.1) is 11.6 Å². The summed E-state index contributed by atoms with van der Waals surface area (Å²) in [6.07, 6.45) is 2.73. The maximum Gasteiger partial charge on any atom is 0.256 e. The van der Waals surface area contributed by atoms with Crippen molar-refractivity contribution in [2.24, 2.45) is 0 Å². The Kier molecular flexibility index (Phi) is 4.50. The summed E-state index contributed by atoms with van der Waals surface area (Å²) in [4.78, 5) is 12.2. The van der Waals surface area contributed by atoms with Gasteiger partial charge in [-0.3, -0.25) is 4.79 Å². The van der Waals surface area contributed by atoms with Gasteiger partial charge in [-0.2, -0.15) is 5.26 Å². The Morgan fingerprint density at radius 2 is 1.83 bits per heavy atom. The summed E-state index contributed by atoms with van der Waals surface area (Å²) >= 11 is 0. The number of hydrogen-bond acceptors (Lipinski definition) is 4. The highest BCUT2D eigenvalue weighted by Gasteiger charge is 2.38. The molecule has 1 saturated carbocycles. The summed E-state index contributed by atoms with van der Waals surface area (Å²) in [5.74, 6) is 0.804. The molecule has 24 heavy (non-hydrogen) atoms. The number of ether oxygens (including phenoxy) is 1. The Balaban J connectivity index is 1.69. The summed E-state index contributed by atoms with van der Waals surface area (Å²) in [7, 11) is 0. The summed E-state index contributed by atoms with van der Waals surface area (Å²) in [6, 6.07) is 15.8. The number of amides is 1. The molecule has 3 rings (SSSR count). The van der Waals surface area contributed by atoms with Crippen LogP contribution in [-0.4, -0.2) is 16.6 Å². The second-order valence-corrected chi connectivity index (χ2v) is 5.96. The normalized spacial score (nSPS) is 15.5. The maximum atomic E-state index is 12.2. The molecule has 0 aliphatic heterocycles. The molecule has 1 fully saturated rings. The molecule has 1 amide bonds. The lowest BCUT2D eigenvalue weighted by Crippen LogP contribution is -2.40. The van der Waals surface area contributed by atoms with E-state index in [2.05, 4.69) is 11.4 Å². The van der Waals surface area contributed by atoms with Crippen molar-refractivity contribution >= 4 is 11.6 Å². The first-order chi connectivity index (χ1) is 11.6. The van der Waals surface area contributed by atoms with Crippen LogP contribution in [0.15, 0.2) is 48.5 Å². The van der Waals surface area contributed by atoms with Gasteiger partial charge in [-0.05, 0) is 62.1 Å². The van der Waals surface area contributed by atoms with Gasteiger partial charge >= 0.3 is 0 Å².